The second-order valence-corrected chi connectivity index (χ2v) is 4.08. The topological polar surface area (TPSA) is 41.6 Å². The van der Waals surface area contributed by atoms with E-state index < -0.39 is 0 Å². The van der Waals surface area contributed by atoms with E-state index in [2.05, 4.69) is 24.4 Å². The highest BCUT2D eigenvalue weighted by molar-refractivity contribution is 5.69. The van der Waals surface area contributed by atoms with Crippen molar-refractivity contribution in [1.82, 2.24) is 10.2 Å². The number of rotatable bonds is 5. The lowest BCUT2D eigenvalue weighted by Crippen LogP contribution is -2.35. The Balaban J connectivity index is 2.04. The molecule has 0 aliphatic carbocycles. The van der Waals surface area contributed by atoms with Crippen LogP contribution in [-0.4, -0.2) is 37.2 Å². The van der Waals surface area contributed by atoms with Gasteiger partial charge in [0.05, 0.1) is 12.6 Å². The van der Waals surface area contributed by atoms with Gasteiger partial charge in [-0.05, 0) is 12.1 Å². The molecule has 92 valence electrons. The molecule has 4 heteroatoms. The van der Waals surface area contributed by atoms with Gasteiger partial charge in [-0.15, -0.1) is 0 Å². The van der Waals surface area contributed by atoms with Crippen LogP contribution in [0.15, 0.2) is 30.3 Å². The summed E-state index contributed by atoms with van der Waals surface area (Å²) in [5, 5.41) is 3.40. The number of amides is 1. The Labute approximate surface area is 102 Å². The number of benzene rings is 1. The lowest BCUT2D eigenvalue weighted by Gasteiger charge is -2.23. The summed E-state index contributed by atoms with van der Waals surface area (Å²) in [6.45, 7) is 4.80. The van der Waals surface area contributed by atoms with Crippen LogP contribution in [0.4, 0.5) is 4.79 Å². The van der Waals surface area contributed by atoms with Crippen molar-refractivity contribution in [3.8, 4) is 0 Å². The SMILES string of the molecule is CCNC(CN1CCOC1=O)c1ccccc1. The summed E-state index contributed by atoms with van der Waals surface area (Å²) in [4.78, 5) is 13.2. The van der Waals surface area contributed by atoms with Gasteiger partial charge >= 0.3 is 6.09 Å². The Hall–Kier alpha value is -1.55. The molecule has 1 aromatic rings. The second-order valence-electron chi connectivity index (χ2n) is 4.08. The van der Waals surface area contributed by atoms with Crippen LogP contribution in [-0.2, 0) is 4.74 Å². The maximum atomic E-state index is 11.4. The number of nitrogens with zero attached hydrogens (tertiary/aromatic N) is 1. The van der Waals surface area contributed by atoms with Gasteiger partial charge in [-0.2, -0.15) is 0 Å². The molecule has 0 bridgehead atoms. The first-order chi connectivity index (χ1) is 8.31. The molecule has 4 nitrogen and oxygen atoms in total. The average Bonchev–Trinajstić information content (AvgIpc) is 2.76. The van der Waals surface area contributed by atoms with E-state index in [0.717, 1.165) is 6.54 Å². The summed E-state index contributed by atoms with van der Waals surface area (Å²) in [6, 6.07) is 10.4. The first-order valence-electron chi connectivity index (χ1n) is 6.01. The molecule has 1 saturated heterocycles. The summed E-state index contributed by atoms with van der Waals surface area (Å²) in [5.74, 6) is 0. The van der Waals surface area contributed by atoms with Crippen molar-refractivity contribution in [3.05, 3.63) is 35.9 Å². The number of cyclic esters (lactones) is 1. The molecule has 1 aromatic carbocycles. The number of ether oxygens (including phenoxy) is 1. The minimum atomic E-state index is -0.205. The van der Waals surface area contributed by atoms with Crippen LogP contribution in [0, 0.1) is 0 Å². The van der Waals surface area contributed by atoms with Crippen LogP contribution < -0.4 is 5.32 Å². The van der Waals surface area contributed by atoms with Gasteiger partial charge in [0.2, 0.25) is 0 Å². The minimum absolute atomic E-state index is 0.173. The number of hydrogen-bond acceptors (Lipinski definition) is 3. The van der Waals surface area contributed by atoms with Crippen molar-refractivity contribution >= 4 is 6.09 Å². The molecular formula is C13H18N2O2. The van der Waals surface area contributed by atoms with Crippen LogP contribution in [0.25, 0.3) is 0 Å². The second kappa shape index (κ2) is 5.68. The molecule has 0 saturated carbocycles. The summed E-state index contributed by atoms with van der Waals surface area (Å²) in [7, 11) is 0. The molecule has 1 heterocycles. The number of hydrogen-bond donors (Lipinski definition) is 1. The van der Waals surface area contributed by atoms with Gasteiger partial charge in [0, 0.05) is 6.54 Å². The van der Waals surface area contributed by atoms with E-state index in [1.807, 2.05) is 18.2 Å². The highest BCUT2D eigenvalue weighted by Crippen LogP contribution is 2.16. The predicted molar refractivity (Wildman–Crippen MR) is 65.8 cm³/mol. The molecule has 1 aliphatic heterocycles. The lowest BCUT2D eigenvalue weighted by atomic mass is 10.1. The molecule has 1 N–H and O–H groups in total. The van der Waals surface area contributed by atoms with Crippen molar-refractivity contribution in [2.45, 2.75) is 13.0 Å². The maximum absolute atomic E-state index is 11.4. The standard InChI is InChI=1S/C13H18N2O2/c1-2-14-12(11-6-4-3-5-7-11)10-15-8-9-17-13(15)16/h3-7,12,14H,2,8-10H2,1H3. The fourth-order valence-electron chi connectivity index (χ4n) is 2.03. The molecule has 1 aliphatic rings. The Morgan fingerprint density at radius 2 is 2.18 bits per heavy atom. The van der Waals surface area contributed by atoms with E-state index in [4.69, 9.17) is 4.74 Å². The van der Waals surface area contributed by atoms with E-state index in [1.165, 1.54) is 5.56 Å². The molecule has 1 amide bonds. The third-order valence-corrected chi connectivity index (χ3v) is 2.90. The molecule has 0 spiro atoms. The van der Waals surface area contributed by atoms with Gasteiger partial charge in [0.15, 0.2) is 0 Å². The van der Waals surface area contributed by atoms with Crippen molar-refractivity contribution in [2.75, 3.05) is 26.2 Å². The fourth-order valence-corrected chi connectivity index (χ4v) is 2.03. The molecule has 1 fully saturated rings. The van der Waals surface area contributed by atoms with Gasteiger partial charge in [0.1, 0.15) is 6.61 Å². The van der Waals surface area contributed by atoms with E-state index >= 15 is 0 Å². The smallest absolute Gasteiger partial charge is 0.410 e. The molecule has 1 unspecified atom stereocenters. The Morgan fingerprint density at radius 3 is 2.76 bits per heavy atom. The summed E-state index contributed by atoms with van der Waals surface area (Å²) < 4.78 is 4.94. The first kappa shape index (κ1) is 11.9. The molecule has 0 radical (unpaired) electrons. The third-order valence-electron chi connectivity index (χ3n) is 2.90. The largest absolute Gasteiger partial charge is 0.448 e. The number of likely N-dealkylation sites (N-methyl/N-ethyl adjacent to an activating group) is 1. The quantitative estimate of drug-likeness (QED) is 0.844. The van der Waals surface area contributed by atoms with Crippen LogP contribution in [0.3, 0.4) is 0 Å². The fraction of sp³-hybridized carbons (Fsp3) is 0.462. The molecule has 0 aromatic heterocycles. The van der Waals surface area contributed by atoms with E-state index in [0.29, 0.717) is 19.7 Å². The van der Waals surface area contributed by atoms with Crippen LogP contribution in [0.5, 0.6) is 0 Å². The monoisotopic (exact) mass is 234 g/mol. The summed E-state index contributed by atoms with van der Waals surface area (Å²) in [6.07, 6.45) is -0.205. The van der Waals surface area contributed by atoms with E-state index in [9.17, 15) is 4.79 Å². The summed E-state index contributed by atoms with van der Waals surface area (Å²) in [5.41, 5.74) is 1.20. The minimum Gasteiger partial charge on any atom is -0.448 e. The van der Waals surface area contributed by atoms with Crippen molar-refractivity contribution in [3.63, 3.8) is 0 Å². The number of nitrogens with one attached hydrogen (secondary N) is 1. The van der Waals surface area contributed by atoms with Gasteiger partial charge < -0.3 is 15.0 Å². The third kappa shape index (κ3) is 2.97. The zero-order valence-electron chi connectivity index (χ0n) is 10.1. The summed E-state index contributed by atoms with van der Waals surface area (Å²) >= 11 is 0. The Bertz CT molecular complexity index is 367. The van der Waals surface area contributed by atoms with Crippen molar-refractivity contribution < 1.29 is 9.53 Å². The Kier molecular flexibility index (Phi) is 3.98. The normalized spacial score (nSPS) is 17.0. The van der Waals surface area contributed by atoms with Crippen LogP contribution >= 0.6 is 0 Å². The molecule has 17 heavy (non-hydrogen) atoms. The van der Waals surface area contributed by atoms with E-state index in [1.54, 1.807) is 4.90 Å². The Morgan fingerprint density at radius 1 is 1.41 bits per heavy atom. The van der Waals surface area contributed by atoms with Gasteiger partial charge in [-0.25, -0.2) is 4.79 Å². The van der Waals surface area contributed by atoms with Crippen LogP contribution in [0.2, 0.25) is 0 Å². The number of carbonyl (C=O) groups is 1. The van der Waals surface area contributed by atoms with Gasteiger partial charge in [-0.1, -0.05) is 37.3 Å². The van der Waals surface area contributed by atoms with Gasteiger partial charge in [0.25, 0.3) is 0 Å². The maximum Gasteiger partial charge on any atom is 0.410 e. The average molecular weight is 234 g/mol. The highest BCUT2D eigenvalue weighted by atomic mass is 16.6. The zero-order valence-corrected chi connectivity index (χ0v) is 10.1. The van der Waals surface area contributed by atoms with Crippen molar-refractivity contribution in [1.29, 1.82) is 0 Å². The van der Waals surface area contributed by atoms with E-state index in [-0.39, 0.29) is 12.1 Å². The first-order valence-corrected chi connectivity index (χ1v) is 6.01. The lowest BCUT2D eigenvalue weighted by molar-refractivity contribution is 0.156. The molecular weight excluding hydrogens is 216 g/mol. The highest BCUT2D eigenvalue weighted by Gasteiger charge is 2.25. The zero-order chi connectivity index (χ0) is 12.1. The molecule has 1 atom stereocenters. The van der Waals surface area contributed by atoms with Gasteiger partial charge in [-0.3, -0.25) is 0 Å². The predicted octanol–water partition coefficient (Wildman–Crippen LogP) is 1.79. The van der Waals surface area contributed by atoms with Crippen LogP contribution in [0.1, 0.15) is 18.5 Å². The number of carbonyl (C=O) groups excluding carboxylic acids is 1. The molecule has 2 rings (SSSR count). The van der Waals surface area contributed by atoms with Crippen molar-refractivity contribution in [2.24, 2.45) is 0 Å².